The molecule has 0 aliphatic heterocycles. The van der Waals surface area contributed by atoms with Crippen LogP contribution in [-0.4, -0.2) is 8.96 Å². The lowest BCUT2D eigenvalue weighted by molar-refractivity contribution is 0.545. The minimum absolute atomic E-state index is 0.276. The molecule has 102 valence electrons. The largest absolute Gasteiger partial charge is 0.242 e. The molecule has 5 heteroatoms. The summed E-state index contributed by atoms with van der Waals surface area (Å²) in [5.41, 5.74) is 0.500. The number of hydrogen-bond donors (Lipinski definition) is 1. The maximum absolute atomic E-state index is 13.8. The van der Waals surface area contributed by atoms with E-state index in [0.29, 0.717) is 17.0 Å². The summed E-state index contributed by atoms with van der Waals surface area (Å²) >= 11 is 5.72. The molecule has 1 aromatic carbocycles. The Hall–Kier alpha value is -0.450. The Morgan fingerprint density at radius 1 is 1.44 bits per heavy atom. The van der Waals surface area contributed by atoms with Gasteiger partial charge in [-0.2, -0.15) is 0 Å². The van der Waals surface area contributed by atoms with Crippen molar-refractivity contribution in [3.05, 3.63) is 34.6 Å². The summed E-state index contributed by atoms with van der Waals surface area (Å²) in [7, 11) is -1.23. The number of rotatable bonds is 4. The van der Waals surface area contributed by atoms with Gasteiger partial charge in [0.2, 0.25) is 0 Å². The normalized spacial score (nSPS) is 15.4. The third kappa shape index (κ3) is 4.04. The van der Waals surface area contributed by atoms with Gasteiger partial charge in [-0.15, -0.1) is 0 Å². The van der Waals surface area contributed by atoms with Gasteiger partial charge in [0.05, 0.1) is 15.7 Å². The van der Waals surface area contributed by atoms with Crippen LogP contribution >= 0.6 is 11.6 Å². The SMILES string of the molecule is CCC(N[S@](=O)C(C)(C)C)c1ccc(Cl)cc1F. The van der Waals surface area contributed by atoms with Crippen molar-refractivity contribution in [3.8, 4) is 0 Å². The molecule has 0 spiro atoms. The third-order valence-corrected chi connectivity index (χ3v) is 4.40. The molecule has 0 amide bonds. The van der Waals surface area contributed by atoms with Crippen LogP contribution < -0.4 is 4.72 Å². The summed E-state index contributed by atoms with van der Waals surface area (Å²) in [6.07, 6.45) is 0.653. The molecule has 0 saturated heterocycles. The Morgan fingerprint density at radius 2 is 2.06 bits per heavy atom. The second-order valence-electron chi connectivity index (χ2n) is 5.13. The van der Waals surface area contributed by atoms with Gasteiger partial charge in [-0.25, -0.2) is 13.3 Å². The van der Waals surface area contributed by atoms with Crippen molar-refractivity contribution in [1.29, 1.82) is 0 Å². The van der Waals surface area contributed by atoms with E-state index in [-0.39, 0.29) is 16.6 Å². The molecule has 2 nitrogen and oxygen atoms in total. The first kappa shape index (κ1) is 15.6. The Bertz CT molecular complexity index is 445. The first-order chi connectivity index (χ1) is 8.25. The van der Waals surface area contributed by atoms with E-state index in [9.17, 15) is 8.60 Å². The monoisotopic (exact) mass is 291 g/mol. The van der Waals surface area contributed by atoms with E-state index in [2.05, 4.69) is 4.72 Å². The molecule has 18 heavy (non-hydrogen) atoms. The van der Waals surface area contributed by atoms with Crippen molar-refractivity contribution in [2.45, 2.75) is 44.9 Å². The average molecular weight is 292 g/mol. The molecule has 0 saturated carbocycles. The van der Waals surface area contributed by atoms with Crippen LogP contribution in [0.2, 0.25) is 5.02 Å². The minimum Gasteiger partial charge on any atom is -0.242 e. The Kier molecular flexibility index (Phi) is 5.32. The molecule has 0 bridgehead atoms. The molecule has 1 aromatic rings. The quantitative estimate of drug-likeness (QED) is 0.893. The van der Waals surface area contributed by atoms with Gasteiger partial charge in [0.1, 0.15) is 5.82 Å². The summed E-state index contributed by atoms with van der Waals surface area (Å²) < 4.78 is 28.4. The van der Waals surface area contributed by atoms with Gasteiger partial charge in [0, 0.05) is 16.6 Å². The molecule has 0 fully saturated rings. The van der Waals surface area contributed by atoms with Crippen molar-refractivity contribution in [1.82, 2.24) is 4.72 Å². The predicted octanol–water partition coefficient (Wildman–Crippen LogP) is 3.98. The van der Waals surface area contributed by atoms with Crippen molar-refractivity contribution in [3.63, 3.8) is 0 Å². The highest BCUT2D eigenvalue weighted by Crippen LogP contribution is 2.24. The lowest BCUT2D eigenvalue weighted by Crippen LogP contribution is -2.35. The first-order valence-electron chi connectivity index (χ1n) is 5.88. The molecule has 1 unspecified atom stereocenters. The van der Waals surface area contributed by atoms with Gasteiger partial charge in [-0.1, -0.05) is 24.6 Å². The maximum Gasteiger partial charge on any atom is 0.129 e. The van der Waals surface area contributed by atoms with Gasteiger partial charge in [0.25, 0.3) is 0 Å². The van der Waals surface area contributed by atoms with Gasteiger partial charge in [0.15, 0.2) is 0 Å². The summed E-state index contributed by atoms with van der Waals surface area (Å²) in [6, 6.07) is 4.28. The molecule has 0 radical (unpaired) electrons. The number of benzene rings is 1. The van der Waals surface area contributed by atoms with E-state index in [0.717, 1.165) is 0 Å². The predicted molar refractivity (Wildman–Crippen MR) is 75.5 cm³/mol. The fraction of sp³-hybridized carbons (Fsp3) is 0.538. The average Bonchev–Trinajstić information content (AvgIpc) is 2.25. The smallest absolute Gasteiger partial charge is 0.129 e. The lowest BCUT2D eigenvalue weighted by atomic mass is 10.1. The molecular formula is C13H19ClFNOS. The molecule has 2 atom stereocenters. The van der Waals surface area contributed by atoms with Crippen molar-refractivity contribution >= 4 is 22.6 Å². The lowest BCUT2D eigenvalue weighted by Gasteiger charge is -2.24. The zero-order chi connectivity index (χ0) is 13.9. The van der Waals surface area contributed by atoms with Crippen LogP contribution in [0, 0.1) is 5.82 Å². The van der Waals surface area contributed by atoms with Gasteiger partial charge in [-0.05, 0) is 39.3 Å². The highest BCUT2D eigenvalue weighted by molar-refractivity contribution is 7.84. The Labute approximate surface area is 116 Å². The van der Waals surface area contributed by atoms with Gasteiger partial charge < -0.3 is 0 Å². The van der Waals surface area contributed by atoms with E-state index in [1.165, 1.54) is 6.07 Å². The molecule has 1 N–H and O–H groups in total. The van der Waals surface area contributed by atoms with Crippen molar-refractivity contribution < 1.29 is 8.60 Å². The second-order valence-corrected chi connectivity index (χ2v) is 7.56. The molecule has 1 rings (SSSR count). The van der Waals surface area contributed by atoms with E-state index in [1.54, 1.807) is 12.1 Å². The summed E-state index contributed by atoms with van der Waals surface area (Å²) in [4.78, 5) is 0. The summed E-state index contributed by atoms with van der Waals surface area (Å²) in [6.45, 7) is 7.55. The van der Waals surface area contributed by atoms with E-state index in [1.807, 2.05) is 27.7 Å². The minimum atomic E-state index is -1.23. The van der Waals surface area contributed by atoms with Crippen LogP contribution in [0.25, 0.3) is 0 Å². The van der Waals surface area contributed by atoms with Gasteiger partial charge in [-0.3, -0.25) is 0 Å². The topological polar surface area (TPSA) is 29.1 Å². The summed E-state index contributed by atoms with van der Waals surface area (Å²) in [5.74, 6) is -0.368. The van der Waals surface area contributed by atoms with E-state index in [4.69, 9.17) is 11.6 Å². The summed E-state index contributed by atoms with van der Waals surface area (Å²) in [5, 5.41) is 0.364. The fourth-order valence-corrected chi connectivity index (χ4v) is 2.52. The van der Waals surface area contributed by atoms with Crippen LogP contribution in [0.1, 0.15) is 45.7 Å². The molecule has 0 heterocycles. The first-order valence-corrected chi connectivity index (χ1v) is 7.41. The van der Waals surface area contributed by atoms with Crippen LogP contribution in [0.5, 0.6) is 0 Å². The number of nitrogens with one attached hydrogen (secondary N) is 1. The van der Waals surface area contributed by atoms with Crippen molar-refractivity contribution in [2.75, 3.05) is 0 Å². The van der Waals surface area contributed by atoms with E-state index < -0.39 is 11.0 Å². The van der Waals surface area contributed by atoms with Crippen LogP contribution in [0.3, 0.4) is 0 Å². The highest BCUT2D eigenvalue weighted by atomic mass is 35.5. The molecule has 0 aliphatic rings. The number of halogens is 2. The van der Waals surface area contributed by atoms with Crippen molar-refractivity contribution in [2.24, 2.45) is 0 Å². The Morgan fingerprint density at radius 3 is 2.50 bits per heavy atom. The standard InChI is InChI=1S/C13H19ClFNOS/c1-5-12(16-18(17)13(2,3)4)10-7-6-9(14)8-11(10)15/h6-8,12,16H,5H2,1-4H3/t12?,18-/m1/s1. The molecule has 0 aromatic heterocycles. The fourth-order valence-electron chi connectivity index (χ4n) is 1.46. The highest BCUT2D eigenvalue weighted by Gasteiger charge is 2.24. The molecule has 0 aliphatic carbocycles. The third-order valence-electron chi connectivity index (χ3n) is 2.55. The van der Waals surface area contributed by atoms with Crippen LogP contribution in [0.15, 0.2) is 18.2 Å². The Balaban J connectivity index is 2.93. The van der Waals surface area contributed by atoms with E-state index >= 15 is 0 Å². The zero-order valence-corrected chi connectivity index (χ0v) is 12.7. The molecular weight excluding hydrogens is 273 g/mol. The van der Waals surface area contributed by atoms with Crippen LogP contribution in [0.4, 0.5) is 4.39 Å². The number of hydrogen-bond acceptors (Lipinski definition) is 1. The second kappa shape index (κ2) is 6.13. The van der Waals surface area contributed by atoms with Gasteiger partial charge >= 0.3 is 0 Å². The van der Waals surface area contributed by atoms with Crippen LogP contribution in [-0.2, 0) is 11.0 Å². The zero-order valence-electron chi connectivity index (χ0n) is 11.1. The maximum atomic E-state index is 13.8.